The maximum absolute atomic E-state index is 11.7. The Morgan fingerprint density at radius 1 is 0.615 bits per heavy atom. The van der Waals surface area contributed by atoms with Crippen LogP contribution in [0.4, 0.5) is 0 Å². The largest absolute Gasteiger partial charge is 0.457 e. The molecule has 0 radical (unpaired) electrons. The van der Waals surface area contributed by atoms with Crippen LogP contribution in [0.25, 0.3) is 0 Å². The number of unbranched alkanes of at least 4 members (excludes halogenated alkanes) is 19. The first-order valence-corrected chi connectivity index (χ1v) is 16.9. The third-order valence-corrected chi connectivity index (χ3v) is 7.28. The molecule has 230 valence electrons. The van der Waals surface area contributed by atoms with Gasteiger partial charge in [-0.1, -0.05) is 141 Å². The average molecular weight is 551 g/mol. The topological polar surface area (TPSA) is 55.8 Å². The standard InChI is InChI=1S/C35H66O4/c1-3-5-7-8-9-10-11-12-13-14-15-16-17-18-19-20-21-22-23-24-25-26-27-29-31-38-33-34(32-36)39-35(37)30-28-6-4-2/h11-12,14-15,34,36H,3-10,13,16-33H2,1-2H3/b12-11-,15-14-. The number of carbonyl (C=O) groups is 1. The molecule has 0 aliphatic rings. The minimum Gasteiger partial charge on any atom is -0.457 e. The maximum atomic E-state index is 11.7. The Bertz CT molecular complexity index is 543. The van der Waals surface area contributed by atoms with Gasteiger partial charge in [-0.3, -0.25) is 4.79 Å². The molecule has 0 aromatic carbocycles. The highest BCUT2D eigenvalue weighted by molar-refractivity contribution is 5.69. The highest BCUT2D eigenvalue weighted by atomic mass is 16.6. The quantitative estimate of drug-likeness (QED) is 0.0530. The van der Waals surface area contributed by atoms with Crippen LogP contribution in [0.15, 0.2) is 24.3 Å². The van der Waals surface area contributed by atoms with Gasteiger partial charge in [-0.2, -0.15) is 0 Å². The van der Waals surface area contributed by atoms with Gasteiger partial charge in [0, 0.05) is 13.0 Å². The van der Waals surface area contributed by atoms with Crippen LogP contribution in [-0.2, 0) is 14.3 Å². The molecule has 0 aromatic rings. The second-order valence-corrected chi connectivity index (χ2v) is 11.2. The minimum atomic E-state index is -0.525. The van der Waals surface area contributed by atoms with Crippen LogP contribution in [0.3, 0.4) is 0 Å². The van der Waals surface area contributed by atoms with Crippen LogP contribution >= 0.6 is 0 Å². The maximum Gasteiger partial charge on any atom is 0.306 e. The number of allylic oxidation sites excluding steroid dienone is 4. The fraction of sp³-hybridized carbons (Fsp3) is 0.857. The number of esters is 1. The third kappa shape index (κ3) is 31.3. The molecular weight excluding hydrogens is 484 g/mol. The van der Waals surface area contributed by atoms with Crippen LogP contribution in [0, 0.1) is 0 Å². The first-order chi connectivity index (χ1) is 19.2. The predicted octanol–water partition coefficient (Wildman–Crippen LogP) is 10.4. The Morgan fingerprint density at radius 3 is 1.59 bits per heavy atom. The van der Waals surface area contributed by atoms with Crippen molar-refractivity contribution in [2.24, 2.45) is 0 Å². The summed E-state index contributed by atoms with van der Waals surface area (Å²) in [5, 5.41) is 9.38. The number of ether oxygens (including phenoxy) is 2. The van der Waals surface area contributed by atoms with Gasteiger partial charge in [-0.15, -0.1) is 0 Å². The molecule has 0 amide bonds. The zero-order valence-electron chi connectivity index (χ0n) is 26.2. The minimum absolute atomic E-state index is 0.172. The Kier molecular flexibility index (Phi) is 32.1. The molecule has 1 unspecified atom stereocenters. The molecule has 0 saturated carbocycles. The Hall–Kier alpha value is -1.13. The molecule has 4 nitrogen and oxygen atoms in total. The van der Waals surface area contributed by atoms with E-state index in [1.807, 2.05) is 0 Å². The Balaban J connectivity index is 3.30. The molecule has 0 rings (SSSR count). The second-order valence-electron chi connectivity index (χ2n) is 11.2. The van der Waals surface area contributed by atoms with Gasteiger partial charge in [0.05, 0.1) is 13.2 Å². The molecular formula is C35H66O4. The fourth-order valence-corrected chi connectivity index (χ4v) is 4.71. The van der Waals surface area contributed by atoms with E-state index in [0.29, 0.717) is 19.6 Å². The van der Waals surface area contributed by atoms with Gasteiger partial charge >= 0.3 is 5.97 Å². The number of rotatable bonds is 31. The molecule has 39 heavy (non-hydrogen) atoms. The fourth-order valence-electron chi connectivity index (χ4n) is 4.71. The molecule has 0 spiro atoms. The van der Waals surface area contributed by atoms with Crippen LogP contribution in [-0.4, -0.2) is 37.0 Å². The summed E-state index contributed by atoms with van der Waals surface area (Å²) in [5.41, 5.74) is 0. The van der Waals surface area contributed by atoms with E-state index < -0.39 is 6.10 Å². The van der Waals surface area contributed by atoms with Crippen LogP contribution in [0.1, 0.15) is 168 Å². The number of aliphatic hydroxyl groups is 1. The van der Waals surface area contributed by atoms with Crippen molar-refractivity contribution in [2.75, 3.05) is 19.8 Å². The number of carbonyl (C=O) groups excluding carboxylic acids is 1. The summed E-state index contributed by atoms with van der Waals surface area (Å²) < 4.78 is 10.9. The van der Waals surface area contributed by atoms with Crippen molar-refractivity contribution in [1.82, 2.24) is 0 Å². The summed E-state index contributed by atoms with van der Waals surface area (Å²) in [5.74, 6) is -0.226. The average Bonchev–Trinajstić information content (AvgIpc) is 2.94. The first-order valence-electron chi connectivity index (χ1n) is 16.9. The van der Waals surface area contributed by atoms with Crippen LogP contribution < -0.4 is 0 Å². The summed E-state index contributed by atoms with van der Waals surface area (Å²) in [6, 6.07) is 0. The third-order valence-electron chi connectivity index (χ3n) is 7.28. The number of aliphatic hydroxyl groups excluding tert-OH is 1. The van der Waals surface area contributed by atoms with Crippen molar-refractivity contribution in [1.29, 1.82) is 0 Å². The lowest BCUT2D eigenvalue weighted by Crippen LogP contribution is -2.27. The highest BCUT2D eigenvalue weighted by Gasteiger charge is 2.13. The van der Waals surface area contributed by atoms with Crippen molar-refractivity contribution in [3.8, 4) is 0 Å². The molecule has 0 aliphatic carbocycles. The van der Waals surface area contributed by atoms with E-state index in [1.54, 1.807) is 0 Å². The lowest BCUT2D eigenvalue weighted by molar-refractivity contribution is -0.154. The Morgan fingerprint density at radius 2 is 1.08 bits per heavy atom. The molecule has 0 aliphatic heterocycles. The summed E-state index contributed by atoms with van der Waals surface area (Å²) in [4.78, 5) is 11.7. The first kappa shape index (κ1) is 37.9. The van der Waals surface area contributed by atoms with Gasteiger partial charge in [0.15, 0.2) is 0 Å². The van der Waals surface area contributed by atoms with E-state index in [0.717, 1.165) is 32.1 Å². The molecule has 4 heteroatoms. The molecule has 1 atom stereocenters. The molecule has 0 saturated heterocycles. The molecule has 0 aromatic heterocycles. The van der Waals surface area contributed by atoms with Crippen molar-refractivity contribution < 1.29 is 19.4 Å². The summed E-state index contributed by atoms with van der Waals surface area (Å²) in [7, 11) is 0. The van der Waals surface area contributed by atoms with E-state index in [2.05, 4.69) is 38.2 Å². The Labute approximate surface area is 243 Å². The summed E-state index contributed by atoms with van der Waals surface area (Å²) in [6.07, 6.45) is 38.5. The molecule has 0 fully saturated rings. The van der Waals surface area contributed by atoms with Crippen LogP contribution in [0.5, 0.6) is 0 Å². The lowest BCUT2D eigenvalue weighted by Gasteiger charge is -2.15. The van der Waals surface area contributed by atoms with Gasteiger partial charge in [-0.05, 0) is 44.9 Å². The number of hydrogen-bond donors (Lipinski definition) is 1. The second kappa shape index (κ2) is 33.1. The van der Waals surface area contributed by atoms with E-state index >= 15 is 0 Å². The van der Waals surface area contributed by atoms with E-state index in [4.69, 9.17) is 9.47 Å². The van der Waals surface area contributed by atoms with Gasteiger partial charge in [0.1, 0.15) is 6.10 Å². The summed E-state index contributed by atoms with van der Waals surface area (Å²) >= 11 is 0. The lowest BCUT2D eigenvalue weighted by atomic mass is 10.0. The molecule has 0 bridgehead atoms. The molecule has 0 heterocycles. The van der Waals surface area contributed by atoms with Crippen molar-refractivity contribution in [2.45, 2.75) is 174 Å². The highest BCUT2D eigenvalue weighted by Crippen LogP contribution is 2.13. The van der Waals surface area contributed by atoms with Crippen molar-refractivity contribution >= 4 is 5.97 Å². The van der Waals surface area contributed by atoms with Gasteiger partial charge in [-0.25, -0.2) is 0 Å². The summed E-state index contributed by atoms with van der Waals surface area (Å²) in [6.45, 7) is 5.18. The zero-order chi connectivity index (χ0) is 28.5. The monoisotopic (exact) mass is 550 g/mol. The van der Waals surface area contributed by atoms with Gasteiger partial charge in [0.25, 0.3) is 0 Å². The zero-order valence-corrected chi connectivity index (χ0v) is 26.2. The van der Waals surface area contributed by atoms with E-state index in [9.17, 15) is 9.90 Å². The van der Waals surface area contributed by atoms with Gasteiger partial charge in [0.2, 0.25) is 0 Å². The van der Waals surface area contributed by atoms with Gasteiger partial charge < -0.3 is 14.6 Å². The van der Waals surface area contributed by atoms with Crippen molar-refractivity contribution in [3.05, 3.63) is 24.3 Å². The number of hydrogen-bond acceptors (Lipinski definition) is 4. The van der Waals surface area contributed by atoms with E-state index in [-0.39, 0.29) is 12.6 Å². The van der Waals surface area contributed by atoms with Crippen molar-refractivity contribution in [3.63, 3.8) is 0 Å². The van der Waals surface area contributed by atoms with E-state index in [1.165, 1.54) is 116 Å². The van der Waals surface area contributed by atoms with Crippen LogP contribution in [0.2, 0.25) is 0 Å². The molecule has 1 N–H and O–H groups in total. The predicted molar refractivity (Wildman–Crippen MR) is 168 cm³/mol. The SMILES string of the molecule is CCCCCCC/C=C\C/C=C\CCCCCCCCCCCCCCOCC(CO)OC(=O)CCCCC. The normalized spacial score (nSPS) is 12.6. The smallest absolute Gasteiger partial charge is 0.306 e.